The van der Waals surface area contributed by atoms with Gasteiger partial charge in [0.1, 0.15) is 11.4 Å². The molecule has 0 radical (unpaired) electrons. The molecule has 160 valence electrons. The average molecular weight is 446 g/mol. The molecule has 0 saturated heterocycles. The third-order valence-electron chi connectivity index (χ3n) is 4.66. The fourth-order valence-electron chi connectivity index (χ4n) is 3.09. The minimum atomic E-state index is -4.33. The molecule has 32 heavy (non-hydrogen) atoms. The minimum absolute atomic E-state index is 0.0515. The number of rotatable bonds is 5. The summed E-state index contributed by atoms with van der Waals surface area (Å²) in [6, 6.07) is 21.6. The Hall–Kier alpha value is -3.95. The fourth-order valence-corrected chi connectivity index (χ4v) is 3.61. The highest BCUT2D eigenvalue weighted by atomic mass is 32.2. The Morgan fingerprint density at radius 3 is 1.91 bits per heavy atom. The Morgan fingerprint density at radius 2 is 1.28 bits per heavy atom. The first-order chi connectivity index (χ1) is 15.3. The van der Waals surface area contributed by atoms with Crippen molar-refractivity contribution in [1.29, 1.82) is 0 Å². The molecule has 9 heteroatoms. The third kappa shape index (κ3) is 4.69. The summed E-state index contributed by atoms with van der Waals surface area (Å²) in [5.74, 6) is 0.0515. The molecule has 4 aromatic rings. The molecule has 0 aliphatic carbocycles. The maximum absolute atomic E-state index is 11.3. The topological polar surface area (TPSA) is 124 Å². The van der Waals surface area contributed by atoms with E-state index in [0.29, 0.717) is 17.1 Å². The summed E-state index contributed by atoms with van der Waals surface area (Å²) < 4.78 is 31.8. The zero-order chi connectivity index (χ0) is 22.7. The molecule has 0 spiro atoms. The van der Waals surface area contributed by atoms with Gasteiger partial charge in [0.15, 0.2) is 0 Å². The van der Waals surface area contributed by atoms with Crippen LogP contribution in [-0.2, 0) is 10.1 Å². The van der Waals surface area contributed by atoms with Gasteiger partial charge in [-0.2, -0.15) is 13.5 Å². The first kappa shape index (κ1) is 21.3. The number of fused-ring (bicyclic) bond motifs is 1. The molecule has 0 unspecified atom stereocenters. The van der Waals surface area contributed by atoms with Crippen molar-refractivity contribution in [2.24, 2.45) is 20.5 Å². The molecule has 0 atom stereocenters. The van der Waals surface area contributed by atoms with Crippen molar-refractivity contribution in [3.63, 3.8) is 0 Å². The number of nitrogens with zero attached hydrogens (tertiary/aromatic N) is 4. The van der Waals surface area contributed by atoms with Gasteiger partial charge in [-0.1, -0.05) is 36.4 Å². The van der Waals surface area contributed by atoms with Gasteiger partial charge in [-0.15, -0.1) is 15.3 Å². The van der Waals surface area contributed by atoms with Crippen LogP contribution in [0.1, 0.15) is 5.56 Å². The summed E-state index contributed by atoms with van der Waals surface area (Å²) in [7, 11) is -4.33. The fraction of sp³-hybridized carbons (Fsp3) is 0.0435. The second-order valence-electron chi connectivity index (χ2n) is 7.01. The van der Waals surface area contributed by atoms with Crippen molar-refractivity contribution < 1.29 is 18.1 Å². The van der Waals surface area contributed by atoms with E-state index in [9.17, 15) is 18.1 Å². The number of benzene rings is 4. The van der Waals surface area contributed by atoms with E-state index in [-0.39, 0.29) is 16.3 Å². The molecule has 2 N–H and O–H groups in total. The van der Waals surface area contributed by atoms with Crippen molar-refractivity contribution in [2.75, 3.05) is 0 Å². The van der Waals surface area contributed by atoms with Gasteiger partial charge in [0.05, 0.1) is 22.0 Å². The Labute approximate surface area is 184 Å². The Kier molecular flexibility index (Phi) is 5.76. The molecule has 0 heterocycles. The van der Waals surface area contributed by atoms with Crippen LogP contribution in [0.15, 0.2) is 104 Å². The molecular formula is C23H18N4O4S. The van der Waals surface area contributed by atoms with Crippen LogP contribution in [0.5, 0.6) is 5.75 Å². The quantitative estimate of drug-likeness (QED) is 0.255. The molecule has 0 bridgehead atoms. The summed E-state index contributed by atoms with van der Waals surface area (Å²) in [6.07, 6.45) is 0. The Bertz CT molecular complexity index is 1480. The van der Waals surface area contributed by atoms with Gasteiger partial charge < -0.3 is 5.11 Å². The second kappa shape index (κ2) is 8.66. The molecule has 0 aromatic heterocycles. The van der Waals surface area contributed by atoms with Gasteiger partial charge in [-0.3, -0.25) is 4.55 Å². The number of aromatic hydroxyl groups is 1. The maximum Gasteiger partial charge on any atom is 0.294 e. The average Bonchev–Trinajstić information content (AvgIpc) is 2.77. The van der Waals surface area contributed by atoms with Crippen LogP contribution in [0.2, 0.25) is 0 Å². The van der Waals surface area contributed by atoms with Crippen molar-refractivity contribution in [1.82, 2.24) is 0 Å². The van der Waals surface area contributed by atoms with Crippen LogP contribution < -0.4 is 0 Å². The number of aryl methyl sites for hydroxylation is 1. The lowest BCUT2D eigenvalue weighted by atomic mass is 10.1. The third-order valence-corrected chi connectivity index (χ3v) is 5.51. The zero-order valence-corrected chi connectivity index (χ0v) is 17.7. The standard InChI is InChI=1S/C23H18N4O4S/c1-15-9-10-22(23(28)13-15)27-26-21-12-11-20(18-7-2-3-8-19(18)21)25-24-16-5-4-6-17(14-16)32(29,30)31/h2-14,28H,1H3,(H,29,30,31). The summed E-state index contributed by atoms with van der Waals surface area (Å²) in [6.45, 7) is 1.88. The van der Waals surface area contributed by atoms with Crippen LogP contribution in [0, 0.1) is 6.92 Å². The van der Waals surface area contributed by atoms with E-state index < -0.39 is 10.1 Å². The molecule has 0 saturated carbocycles. The van der Waals surface area contributed by atoms with E-state index in [0.717, 1.165) is 16.3 Å². The van der Waals surface area contributed by atoms with Crippen molar-refractivity contribution >= 4 is 43.6 Å². The number of phenols is 1. The zero-order valence-electron chi connectivity index (χ0n) is 16.9. The van der Waals surface area contributed by atoms with Crippen LogP contribution in [-0.4, -0.2) is 18.1 Å². The molecule has 8 nitrogen and oxygen atoms in total. The first-order valence-corrected chi connectivity index (χ1v) is 11.0. The van der Waals surface area contributed by atoms with Crippen molar-refractivity contribution in [3.8, 4) is 5.75 Å². The molecule has 0 aliphatic heterocycles. The predicted molar refractivity (Wildman–Crippen MR) is 121 cm³/mol. The molecule has 4 rings (SSSR count). The van der Waals surface area contributed by atoms with E-state index in [1.807, 2.05) is 37.3 Å². The Balaban J connectivity index is 1.70. The largest absolute Gasteiger partial charge is 0.506 e. The summed E-state index contributed by atoms with van der Waals surface area (Å²) in [4.78, 5) is -0.256. The van der Waals surface area contributed by atoms with Gasteiger partial charge in [0.25, 0.3) is 10.1 Å². The van der Waals surface area contributed by atoms with Gasteiger partial charge >= 0.3 is 0 Å². The molecule has 0 amide bonds. The van der Waals surface area contributed by atoms with Crippen molar-refractivity contribution in [3.05, 3.63) is 84.4 Å². The predicted octanol–water partition coefficient (Wildman–Crippen LogP) is 6.93. The van der Waals surface area contributed by atoms with Gasteiger partial charge in [-0.25, -0.2) is 0 Å². The van der Waals surface area contributed by atoms with Crippen LogP contribution in [0.25, 0.3) is 10.8 Å². The lowest BCUT2D eigenvalue weighted by Gasteiger charge is -2.05. The van der Waals surface area contributed by atoms with E-state index in [4.69, 9.17) is 0 Å². The van der Waals surface area contributed by atoms with Crippen LogP contribution in [0.3, 0.4) is 0 Å². The minimum Gasteiger partial charge on any atom is -0.506 e. The first-order valence-electron chi connectivity index (χ1n) is 9.54. The lowest BCUT2D eigenvalue weighted by Crippen LogP contribution is -1.96. The van der Waals surface area contributed by atoms with Gasteiger partial charge in [-0.05, 0) is 55.0 Å². The highest BCUT2D eigenvalue weighted by Gasteiger charge is 2.10. The smallest absolute Gasteiger partial charge is 0.294 e. The van der Waals surface area contributed by atoms with Crippen molar-refractivity contribution in [2.45, 2.75) is 11.8 Å². The van der Waals surface area contributed by atoms with Crippen LogP contribution >= 0.6 is 0 Å². The molecule has 4 aromatic carbocycles. The highest BCUT2D eigenvalue weighted by molar-refractivity contribution is 7.85. The van der Waals surface area contributed by atoms with Gasteiger partial charge in [0.2, 0.25) is 0 Å². The van der Waals surface area contributed by atoms with Crippen LogP contribution in [0.4, 0.5) is 22.7 Å². The SMILES string of the molecule is Cc1ccc(N=Nc2ccc(N=Nc3cccc(S(=O)(=O)O)c3)c3ccccc23)c(O)c1. The number of phenolic OH excluding ortho intramolecular Hbond substituents is 1. The lowest BCUT2D eigenvalue weighted by molar-refractivity contribution is 0.476. The summed E-state index contributed by atoms with van der Waals surface area (Å²) in [5.41, 5.74) is 2.71. The molecular weight excluding hydrogens is 428 g/mol. The molecule has 0 fully saturated rings. The van der Waals surface area contributed by atoms with E-state index in [1.165, 1.54) is 18.2 Å². The normalized spacial score (nSPS) is 12.2. The van der Waals surface area contributed by atoms with E-state index in [2.05, 4.69) is 20.5 Å². The van der Waals surface area contributed by atoms with E-state index >= 15 is 0 Å². The number of hydrogen-bond acceptors (Lipinski definition) is 7. The highest BCUT2D eigenvalue weighted by Crippen LogP contribution is 2.36. The second-order valence-corrected chi connectivity index (χ2v) is 8.44. The summed E-state index contributed by atoms with van der Waals surface area (Å²) >= 11 is 0. The molecule has 0 aliphatic rings. The summed E-state index contributed by atoms with van der Waals surface area (Å²) in [5, 5.41) is 28.4. The number of azo groups is 2. The number of hydrogen-bond donors (Lipinski definition) is 2. The van der Waals surface area contributed by atoms with Gasteiger partial charge in [0, 0.05) is 10.8 Å². The monoisotopic (exact) mass is 446 g/mol. The van der Waals surface area contributed by atoms with E-state index in [1.54, 1.807) is 30.3 Å². The maximum atomic E-state index is 11.3. The Morgan fingerprint density at radius 1 is 0.688 bits per heavy atom.